The average Bonchev–Trinajstić information content (AvgIpc) is 3.58. The van der Waals surface area contributed by atoms with Crippen molar-refractivity contribution in [3.63, 3.8) is 0 Å². The van der Waals surface area contributed by atoms with Crippen LogP contribution in [0.4, 0.5) is 43.8 Å². The van der Waals surface area contributed by atoms with Gasteiger partial charge in [0.05, 0.1) is 23.6 Å². The van der Waals surface area contributed by atoms with Gasteiger partial charge in [-0.05, 0) is 81.3 Å². The normalized spacial score (nSPS) is 22.2. The van der Waals surface area contributed by atoms with Crippen LogP contribution in [0.15, 0.2) is 36.5 Å². The number of halogens is 1. The van der Waals surface area contributed by atoms with Crippen molar-refractivity contribution in [1.82, 2.24) is 40.2 Å². The number of benzene rings is 1. The van der Waals surface area contributed by atoms with Crippen LogP contribution in [-0.4, -0.2) is 150 Å². The Morgan fingerprint density at radius 1 is 0.915 bits per heavy atom. The molecule has 59 heavy (non-hydrogen) atoms. The van der Waals surface area contributed by atoms with Gasteiger partial charge in [0, 0.05) is 84.6 Å². The van der Waals surface area contributed by atoms with Gasteiger partial charge in [0.2, 0.25) is 17.8 Å². The van der Waals surface area contributed by atoms with Crippen molar-refractivity contribution in [2.24, 2.45) is 11.7 Å². The highest BCUT2D eigenvalue weighted by Gasteiger charge is 2.35. The van der Waals surface area contributed by atoms with Gasteiger partial charge in [-0.1, -0.05) is 0 Å². The number of nitrogens with two attached hydrogens (primary N) is 1. The molecule has 18 nitrogen and oxygen atoms in total. The molecule has 19 heteroatoms. The minimum atomic E-state index is -0.801. The molecule has 2 atom stereocenters. The molecule has 5 aliphatic heterocycles. The maximum atomic E-state index is 15.7. The number of nitrogens with one attached hydrogen (secondary N) is 3. The van der Waals surface area contributed by atoms with Crippen LogP contribution in [0.3, 0.4) is 0 Å². The van der Waals surface area contributed by atoms with E-state index in [1.54, 1.807) is 24.1 Å². The molecule has 0 bridgehead atoms. The fourth-order valence-electron chi connectivity index (χ4n) is 8.81. The van der Waals surface area contributed by atoms with Gasteiger partial charge in [-0.3, -0.25) is 24.6 Å². The van der Waals surface area contributed by atoms with Crippen molar-refractivity contribution in [2.75, 3.05) is 104 Å². The Hall–Kier alpha value is -5.85. The highest BCUT2D eigenvalue weighted by atomic mass is 19.1. The third-order valence-electron chi connectivity index (χ3n) is 12.3. The van der Waals surface area contributed by atoms with Crippen LogP contribution < -0.4 is 36.4 Å². The smallest absolute Gasteiger partial charge is 0.320 e. The molecule has 5 fully saturated rings. The first kappa shape index (κ1) is 40.0. The number of imide groups is 1. The van der Waals surface area contributed by atoms with Crippen molar-refractivity contribution < 1.29 is 23.6 Å². The zero-order valence-electron chi connectivity index (χ0n) is 33.5. The molecule has 1 aromatic carbocycles. The molecule has 5 aliphatic rings. The van der Waals surface area contributed by atoms with E-state index >= 15 is 4.39 Å². The first-order valence-electron chi connectivity index (χ1n) is 20.7. The number of urea groups is 1. The molecule has 5 N–H and O–H groups in total. The predicted octanol–water partition coefficient (Wildman–Crippen LogP) is 2.23. The fourth-order valence-corrected chi connectivity index (χ4v) is 8.81. The average molecular weight is 813 g/mol. The molecule has 3 aromatic rings. The van der Waals surface area contributed by atoms with Gasteiger partial charge in [-0.2, -0.15) is 4.98 Å². The van der Waals surface area contributed by atoms with Crippen LogP contribution >= 0.6 is 0 Å². The Kier molecular flexibility index (Phi) is 11.9. The van der Waals surface area contributed by atoms with E-state index < -0.39 is 11.9 Å². The van der Waals surface area contributed by atoms with Crippen molar-refractivity contribution in [1.29, 1.82) is 0 Å². The second-order valence-corrected chi connectivity index (χ2v) is 16.2. The van der Waals surface area contributed by atoms with Gasteiger partial charge in [0.1, 0.15) is 17.7 Å². The molecule has 7 heterocycles. The second-order valence-electron chi connectivity index (χ2n) is 16.2. The first-order chi connectivity index (χ1) is 28.6. The molecule has 0 aliphatic carbocycles. The van der Waals surface area contributed by atoms with E-state index in [1.807, 2.05) is 28.1 Å². The maximum Gasteiger partial charge on any atom is 0.320 e. The largest absolute Gasteiger partial charge is 0.370 e. The number of likely N-dealkylation sites (N-methyl/N-ethyl adjacent to an activating group) is 1. The molecule has 5 amide bonds. The summed E-state index contributed by atoms with van der Waals surface area (Å²) < 4.78 is 15.7. The van der Waals surface area contributed by atoms with E-state index in [1.165, 1.54) is 6.07 Å². The van der Waals surface area contributed by atoms with Gasteiger partial charge >= 0.3 is 6.03 Å². The number of pyridine rings is 1. The third kappa shape index (κ3) is 9.24. The Labute approximate surface area is 342 Å². The third-order valence-corrected chi connectivity index (χ3v) is 12.3. The summed E-state index contributed by atoms with van der Waals surface area (Å²) in [6.45, 7) is 8.63. The highest BCUT2D eigenvalue weighted by Crippen LogP contribution is 2.30. The summed E-state index contributed by atoms with van der Waals surface area (Å²) in [5.74, 6) is -0.0635. The van der Waals surface area contributed by atoms with Gasteiger partial charge < -0.3 is 40.9 Å². The summed E-state index contributed by atoms with van der Waals surface area (Å²) in [6, 6.07) is 8.41. The number of piperidine rings is 3. The Balaban J connectivity index is 0.792. The van der Waals surface area contributed by atoms with Gasteiger partial charge in [-0.25, -0.2) is 14.2 Å². The molecule has 0 radical (unpaired) electrons. The monoisotopic (exact) mass is 812 g/mol. The number of anilines is 6. The molecule has 0 spiro atoms. The number of amides is 5. The number of hydrogen-bond acceptors (Lipinski definition) is 14. The highest BCUT2D eigenvalue weighted by molar-refractivity contribution is 6.01. The summed E-state index contributed by atoms with van der Waals surface area (Å²) in [4.78, 5) is 70.0. The number of hydrogen-bond donors (Lipinski definition) is 4. The van der Waals surface area contributed by atoms with Crippen LogP contribution in [0.2, 0.25) is 0 Å². The zero-order chi connectivity index (χ0) is 41.0. The lowest BCUT2D eigenvalue weighted by molar-refractivity contribution is -0.133. The van der Waals surface area contributed by atoms with Crippen molar-refractivity contribution in [3.8, 4) is 0 Å². The molecule has 8 rings (SSSR count). The molecule has 314 valence electrons. The van der Waals surface area contributed by atoms with Crippen LogP contribution in [0.5, 0.6) is 0 Å². The van der Waals surface area contributed by atoms with E-state index in [2.05, 4.69) is 50.8 Å². The second kappa shape index (κ2) is 17.6. The maximum absolute atomic E-state index is 15.7. The topological polar surface area (TPSA) is 201 Å². The van der Waals surface area contributed by atoms with Crippen molar-refractivity contribution in [3.05, 3.63) is 48.0 Å². The lowest BCUT2D eigenvalue weighted by Crippen LogP contribution is -2.49. The molecule has 5 saturated heterocycles. The van der Waals surface area contributed by atoms with Crippen LogP contribution in [0.1, 0.15) is 55.4 Å². The minimum Gasteiger partial charge on any atom is -0.370 e. The SMILES string of the molecule is CN1CCN([C@@H]2CCCN(c3nnc(C(N)=O)c(Nc4ccc(N5CCN(CCC6CCN(c7ccc(NC8CCC(=O)NC8=O)nc7)CC6)CC5)c(F)c4)n3)C2)C1=O. The lowest BCUT2D eigenvalue weighted by Gasteiger charge is -2.38. The number of primary amides is 1. The number of rotatable bonds is 12. The number of piperazine rings is 1. The van der Waals surface area contributed by atoms with Crippen molar-refractivity contribution in [2.45, 2.75) is 57.0 Å². The van der Waals surface area contributed by atoms with E-state index in [0.29, 0.717) is 81.2 Å². The standard InChI is InChI=1S/C40H53FN14O4/c1-50-17-22-55(40(50)59)29-3-2-13-54(25-29)39-47-37(35(36(42)57)48-49-39)44-27-4-7-32(30(41)23-27)53-20-18-51(19-21-53)14-10-26-11-15-52(16-12-26)28-5-8-33(43-24-28)45-31-6-9-34(56)46-38(31)58/h4-5,7-8,23-24,26,29,31H,2-3,6,9-22,25H2,1H3,(H2,42,57)(H,43,45)(H,44,47,49)(H,46,56,58)/t29-,31?/m1/s1. The van der Waals surface area contributed by atoms with E-state index in [4.69, 9.17) is 5.73 Å². The predicted molar refractivity (Wildman–Crippen MR) is 220 cm³/mol. The summed E-state index contributed by atoms with van der Waals surface area (Å²) in [5.41, 5.74) is 7.47. The molecular formula is C40H53FN14O4. The van der Waals surface area contributed by atoms with Crippen molar-refractivity contribution >= 4 is 58.4 Å². The summed E-state index contributed by atoms with van der Waals surface area (Å²) in [5, 5.41) is 16.8. The summed E-state index contributed by atoms with van der Waals surface area (Å²) in [6.07, 6.45) is 7.67. The Bertz CT molecular complexity index is 2020. The Morgan fingerprint density at radius 2 is 1.73 bits per heavy atom. The van der Waals surface area contributed by atoms with Gasteiger partial charge in [0.15, 0.2) is 11.5 Å². The molecule has 2 aromatic heterocycles. The van der Waals surface area contributed by atoms with E-state index in [9.17, 15) is 19.2 Å². The summed E-state index contributed by atoms with van der Waals surface area (Å²) in [7, 11) is 1.80. The number of carbonyl (C=O) groups is 4. The number of nitrogens with zero attached hydrogens (tertiary/aromatic N) is 10. The van der Waals surface area contributed by atoms with E-state index in [-0.39, 0.29) is 41.2 Å². The fraction of sp³-hybridized carbons (Fsp3) is 0.550. The van der Waals surface area contributed by atoms with Crippen LogP contribution in [0.25, 0.3) is 0 Å². The van der Waals surface area contributed by atoms with E-state index in [0.717, 1.165) is 70.5 Å². The molecular weight excluding hydrogens is 760 g/mol. The molecule has 1 unspecified atom stereocenters. The minimum absolute atomic E-state index is 0.0134. The van der Waals surface area contributed by atoms with Gasteiger partial charge in [-0.15, -0.1) is 10.2 Å². The van der Waals surface area contributed by atoms with Gasteiger partial charge in [0.25, 0.3) is 5.91 Å². The van der Waals surface area contributed by atoms with Crippen LogP contribution in [0, 0.1) is 11.7 Å². The lowest BCUT2D eigenvalue weighted by atomic mass is 9.93. The molecule has 0 saturated carbocycles. The van der Waals surface area contributed by atoms with Crippen LogP contribution in [-0.2, 0) is 9.59 Å². The first-order valence-corrected chi connectivity index (χ1v) is 20.7. The zero-order valence-corrected chi connectivity index (χ0v) is 33.5. The Morgan fingerprint density at radius 3 is 2.42 bits per heavy atom. The summed E-state index contributed by atoms with van der Waals surface area (Å²) >= 11 is 0. The quantitative estimate of drug-likeness (QED) is 0.194. The number of aromatic nitrogens is 4. The number of carbonyl (C=O) groups excluding carboxylic acids is 4.